The molecule has 0 aliphatic heterocycles. The lowest BCUT2D eigenvalue weighted by molar-refractivity contribution is 0.770. The van der Waals surface area contributed by atoms with E-state index >= 15 is 0 Å². The van der Waals surface area contributed by atoms with Gasteiger partial charge in [-0.25, -0.2) is 4.99 Å². The molecule has 0 amide bonds. The van der Waals surface area contributed by atoms with Crippen molar-refractivity contribution in [3.8, 4) is 0 Å². The first-order valence-electron chi connectivity index (χ1n) is 6.57. The van der Waals surface area contributed by atoms with Crippen molar-refractivity contribution in [2.75, 3.05) is 13.6 Å². The molecule has 3 nitrogen and oxygen atoms in total. The highest BCUT2D eigenvalue weighted by Crippen LogP contribution is 2.19. The molecule has 1 rings (SSSR count). The Kier molecular flexibility index (Phi) is 6.58. The van der Waals surface area contributed by atoms with E-state index in [0.717, 1.165) is 37.2 Å². The normalized spacial score (nSPS) is 16.5. The van der Waals surface area contributed by atoms with Crippen molar-refractivity contribution in [2.45, 2.75) is 26.2 Å². The van der Waals surface area contributed by atoms with Crippen LogP contribution in [-0.4, -0.2) is 26.5 Å². The fraction of sp³-hybridized carbons (Fsp3) is 0.375. The first-order valence-corrected chi connectivity index (χ1v) is 6.57. The van der Waals surface area contributed by atoms with Crippen molar-refractivity contribution in [1.82, 2.24) is 5.32 Å². The van der Waals surface area contributed by atoms with Crippen molar-refractivity contribution >= 4 is 12.9 Å². The molecule has 102 valence electrons. The van der Waals surface area contributed by atoms with E-state index in [9.17, 15) is 0 Å². The molecule has 0 radical (unpaired) electrons. The molecule has 0 aromatic heterocycles. The molecule has 19 heavy (non-hydrogen) atoms. The van der Waals surface area contributed by atoms with Crippen LogP contribution in [0.1, 0.15) is 26.2 Å². The molecule has 1 N–H and O–H groups in total. The quantitative estimate of drug-likeness (QED) is 0.697. The Labute approximate surface area is 116 Å². The molecule has 0 saturated heterocycles. The van der Waals surface area contributed by atoms with Crippen molar-refractivity contribution in [3.63, 3.8) is 0 Å². The summed E-state index contributed by atoms with van der Waals surface area (Å²) in [5.41, 5.74) is 3.68. The van der Waals surface area contributed by atoms with Crippen LogP contribution in [0.5, 0.6) is 0 Å². The predicted molar refractivity (Wildman–Crippen MR) is 84.9 cm³/mol. The summed E-state index contributed by atoms with van der Waals surface area (Å²) in [7, 11) is 1.75. The third kappa shape index (κ3) is 5.08. The number of aliphatic imine (C=N–C) groups is 2. The maximum absolute atomic E-state index is 4.00. The lowest BCUT2D eigenvalue weighted by Gasteiger charge is -2.13. The summed E-state index contributed by atoms with van der Waals surface area (Å²) in [6, 6.07) is 0. The zero-order chi connectivity index (χ0) is 14.1. The maximum atomic E-state index is 4.00. The van der Waals surface area contributed by atoms with E-state index < -0.39 is 0 Å². The van der Waals surface area contributed by atoms with E-state index in [4.69, 9.17) is 0 Å². The zero-order valence-electron chi connectivity index (χ0n) is 11.9. The van der Waals surface area contributed by atoms with Crippen LogP contribution in [0.3, 0.4) is 0 Å². The number of rotatable bonds is 7. The Hall–Kier alpha value is -1.90. The van der Waals surface area contributed by atoms with E-state index in [1.807, 2.05) is 13.0 Å². The maximum Gasteiger partial charge on any atom is 0.129 e. The highest BCUT2D eigenvalue weighted by Gasteiger charge is 2.03. The SMILES string of the molecule is C=CC1=CC(CCN/C(N=C)=C(/C)C=NC)=CCC1. The van der Waals surface area contributed by atoms with Crippen LogP contribution in [0.15, 0.2) is 57.3 Å². The van der Waals surface area contributed by atoms with Gasteiger partial charge in [-0.3, -0.25) is 4.99 Å². The molecule has 0 spiro atoms. The zero-order valence-corrected chi connectivity index (χ0v) is 11.9. The molecular formula is C16H23N3. The molecule has 0 fully saturated rings. The smallest absolute Gasteiger partial charge is 0.129 e. The molecule has 0 atom stereocenters. The van der Waals surface area contributed by atoms with Gasteiger partial charge in [-0.2, -0.15) is 0 Å². The molecule has 1 aliphatic rings. The summed E-state index contributed by atoms with van der Waals surface area (Å²) in [5, 5.41) is 3.30. The summed E-state index contributed by atoms with van der Waals surface area (Å²) < 4.78 is 0. The van der Waals surface area contributed by atoms with Crippen molar-refractivity contribution in [2.24, 2.45) is 9.98 Å². The number of nitrogens with zero attached hydrogens (tertiary/aromatic N) is 2. The second kappa shape index (κ2) is 8.25. The van der Waals surface area contributed by atoms with Crippen molar-refractivity contribution in [1.29, 1.82) is 0 Å². The van der Waals surface area contributed by atoms with E-state index in [1.165, 1.54) is 11.1 Å². The van der Waals surface area contributed by atoms with E-state index in [1.54, 1.807) is 13.3 Å². The van der Waals surface area contributed by atoms with Gasteiger partial charge in [0.05, 0.1) is 0 Å². The Morgan fingerprint density at radius 2 is 2.32 bits per heavy atom. The van der Waals surface area contributed by atoms with E-state index in [2.05, 4.69) is 40.8 Å². The van der Waals surface area contributed by atoms with Crippen molar-refractivity contribution in [3.05, 3.63) is 47.3 Å². The summed E-state index contributed by atoms with van der Waals surface area (Å²) in [6.45, 7) is 10.2. The first-order chi connectivity index (χ1) is 9.21. The van der Waals surface area contributed by atoms with Crippen molar-refractivity contribution < 1.29 is 0 Å². The third-order valence-electron chi connectivity index (χ3n) is 3.03. The molecule has 0 aromatic carbocycles. The van der Waals surface area contributed by atoms with Crippen LogP contribution in [0, 0.1) is 0 Å². The number of hydrogen-bond donors (Lipinski definition) is 1. The molecule has 0 saturated carbocycles. The Bertz CT molecular complexity index is 451. The fourth-order valence-corrected chi connectivity index (χ4v) is 2.03. The monoisotopic (exact) mass is 257 g/mol. The first kappa shape index (κ1) is 15.2. The third-order valence-corrected chi connectivity index (χ3v) is 3.03. The minimum atomic E-state index is 0.801. The average molecular weight is 257 g/mol. The van der Waals surface area contributed by atoms with Crippen LogP contribution in [0.25, 0.3) is 0 Å². The van der Waals surface area contributed by atoms with Gasteiger partial charge in [-0.15, -0.1) is 0 Å². The van der Waals surface area contributed by atoms with Crippen LogP contribution in [0.4, 0.5) is 0 Å². The Morgan fingerprint density at radius 1 is 1.53 bits per heavy atom. The van der Waals surface area contributed by atoms with Gasteiger partial charge in [0.1, 0.15) is 5.82 Å². The van der Waals surface area contributed by atoms with Crippen LogP contribution >= 0.6 is 0 Å². The van der Waals surface area contributed by atoms with Crippen LogP contribution in [-0.2, 0) is 0 Å². The van der Waals surface area contributed by atoms with Crippen LogP contribution < -0.4 is 5.32 Å². The Balaban J connectivity index is 2.52. The highest BCUT2D eigenvalue weighted by atomic mass is 15.0. The van der Waals surface area contributed by atoms with Gasteiger partial charge in [0.25, 0.3) is 0 Å². The highest BCUT2D eigenvalue weighted by molar-refractivity contribution is 5.78. The molecule has 0 aromatic rings. The Morgan fingerprint density at radius 3 is 2.95 bits per heavy atom. The summed E-state index contributed by atoms with van der Waals surface area (Å²) >= 11 is 0. The minimum absolute atomic E-state index is 0.801. The molecule has 0 heterocycles. The number of nitrogens with one attached hydrogen (secondary N) is 1. The summed E-state index contributed by atoms with van der Waals surface area (Å²) in [6.07, 6.45) is 11.4. The molecular weight excluding hydrogens is 234 g/mol. The molecule has 3 heteroatoms. The average Bonchev–Trinajstić information content (AvgIpc) is 2.44. The van der Waals surface area contributed by atoms with Gasteiger partial charge >= 0.3 is 0 Å². The van der Waals surface area contributed by atoms with Gasteiger partial charge in [0.15, 0.2) is 0 Å². The predicted octanol–water partition coefficient (Wildman–Crippen LogP) is 3.43. The number of hydrogen-bond acceptors (Lipinski definition) is 3. The lowest BCUT2D eigenvalue weighted by Crippen LogP contribution is -2.16. The van der Waals surface area contributed by atoms with Gasteiger partial charge in [-0.05, 0) is 44.0 Å². The van der Waals surface area contributed by atoms with Crippen LogP contribution in [0.2, 0.25) is 0 Å². The molecule has 0 bridgehead atoms. The van der Waals surface area contributed by atoms with E-state index in [0.29, 0.717) is 0 Å². The van der Waals surface area contributed by atoms with Gasteiger partial charge in [0, 0.05) is 25.4 Å². The summed E-state index contributed by atoms with van der Waals surface area (Å²) in [5.74, 6) is 0.801. The lowest BCUT2D eigenvalue weighted by atomic mass is 9.97. The molecule has 0 unspecified atom stereocenters. The topological polar surface area (TPSA) is 36.8 Å². The fourth-order valence-electron chi connectivity index (χ4n) is 2.03. The number of allylic oxidation sites excluding steroid dienone is 5. The van der Waals surface area contributed by atoms with Gasteiger partial charge < -0.3 is 5.32 Å². The minimum Gasteiger partial charge on any atom is -0.369 e. The van der Waals surface area contributed by atoms with Gasteiger partial charge in [-0.1, -0.05) is 24.8 Å². The second-order valence-corrected chi connectivity index (χ2v) is 4.49. The molecule has 1 aliphatic carbocycles. The second-order valence-electron chi connectivity index (χ2n) is 4.49. The summed E-state index contributed by atoms with van der Waals surface area (Å²) in [4.78, 5) is 7.98. The standard InChI is InChI=1S/C16H23N3/c1-5-14-7-6-8-15(11-14)9-10-19-16(18-4)13(2)12-17-3/h5,8,11-12,19H,1,4,6-7,9-10H2,2-3H3/b16-13-,17-12?. The van der Waals surface area contributed by atoms with E-state index in [-0.39, 0.29) is 0 Å². The van der Waals surface area contributed by atoms with Gasteiger partial charge in [0.2, 0.25) is 0 Å². The largest absolute Gasteiger partial charge is 0.369 e.